The zero-order valence-electron chi connectivity index (χ0n) is 10.4. The number of nitrogens with zero attached hydrogens (tertiary/aromatic N) is 2. The Kier molecular flexibility index (Phi) is 6.77. The second kappa shape index (κ2) is 8.25. The van der Waals surface area contributed by atoms with Crippen molar-refractivity contribution in [2.24, 2.45) is 0 Å². The summed E-state index contributed by atoms with van der Waals surface area (Å²) in [5, 5.41) is 3.44. The van der Waals surface area contributed by atoms with Crippen molar-refractivity contribution < 1.29 is 0 Å². The Labute approximate surface area is 98.9 Å². The third kappa shape index (κ3) is 5.83. The van der Waals surface area contributed by atoms with Crippen molar-refractivity contribution in [2.45, 2.75) is 26.3 Å². The number of likely N-dealkylation sites (N-methyl/N-ethyl adjacent to an activating group) is 1. The summed E-state index contributed by atoms with van der Waals surface area (Å²) in [7, 11) is 2.14. The van der Waals surface area contributed by atoms with Crippen molar-refractivity contribution in [2.75, 3.05) is 26.7 Å². The molecule has 0 saturated carbocycles. The van der Waals surface area contributed by atoms with Gasteiger partial charge < -0.3 is 5.32 Å². The maximum absolute atomic E-state index is 4.31. The Hall–Kier alpha value is -0.930. The van der Waals surface area contributed by atoms with E-state index in [1.165, 1.54) is 12.8 Å². The van der Waals surface area contributed by atoms with Gasteiger partial charge in [0.2, 0.25) is 0 Å². The van der Waals surface area contributed by atoms with Gasteiger partial charge in [0, 0.05) is 25.8 Å². The highest BCUT2D eigenvalue weighted by Gasteiger charge is 1.99. The molecule has 0 unspecified atom stereocenters. The van der Waals surface area contributed by atoms with Gasteiger partial charge in [-0.15, -0.1) is 0 Å². The van der Waals surface area contributed by atoms with E-state index in [4.69, 9.17) is 0 Å². The Morgan fingerprint density at radius 3 is 2.88 bits per heavy atom. The van der Waals surface area contributed by atoms with Crippen molar-refractivity contribution in [3.8, 4) is 0 Å². The van der Waals surface area contributed by atoms with Gasteiger partial charge in [0.05, 0.1) is 5.69 Å². The molecule has 1 aromatic rings. The molecule has 16 heavy (non-hydrogen) atoms. The highest BCUT2D eigenvalue weighted by atomic mass is 15.1. The number of hydrogen-bond donors (Lipinski definition) is 1. The van der Waals surface area contributed by atoms with E-state index in [0.29, 0.717) is 0 Å². The monoisotopic (exact) mass is 221 g/mol. The van der Waals surface area contributed by atoms with Crippen LogP contribution in [-0.4, -0.2) is 36.6 Å². The molecule has 0 bridgehead atoms. The van der Waals surface area contributed by atoms with Crippen LogP contribution in [0.2, 0.25) is 0 Å². The van der Waals surface area contributed by atoms with Gasteiger partial charge in [0.25, 0.3) is 0 Å². The normalized spacial score (nSPS) is 10.9. The van der Waals surface area contributed by atoms with Crippen LogP contribution >= 0.6 is 0 Å². The van der Waals surface area contributed by atoms with E-state index in [0.717, 1.165) is 31.9 Å². The Morgan fingerprint density at radius 1 is 1.31 bits per heavy atom. The lowest BCUT2D eigenvalue weighted by Gasteiger charge is -2.16. The van der Waals surface area contributed by atoms with Crippen molar-refractivity contribution in [3.05, 3.63) is 30.1 Å². The summed E-state index contributed by atoms with van der Waals surface area (Å²) in [6.07, 6.45) is 4.38. The predicted molar refractivity (Wildman–Crippen MR) is 68.3 cm³/mol. The third-order valence-corrected chi connectivity index (χ3v) is 2.54. The number of pyridine rings is 1. The average molecular weight is 221 g/mol. The van der Waals surface area contributed by atoms with Gasteiger partial charge in [0.15, 0.2) is 0 Å². The SMILES string of the molecule is CCCCNCCN(C)Cc1ccccn1. The van der Waals surface area contributed by atoms with Crippen LogP contribution in [0, 0.1) is 0 Å². The lowest BCUT2D eigenvalue weighted by molar-refractivity contribution is 0.320. The lowest BCUT2D eigenvalue weighted by atomic mass is 10.3. The van der Waals surface area contributed by atoms with Gasteiger partial charge in [-0.25, -0.2) is 0 Å². The number of hydrogen-bond acceptors (Lipinski definition) is 3. The molecule has 0 aliphatic heterocycles. The Bertz CT molecular complexity index is 261. The summed E-state index contributed by atoms with van der Waals surface area (Å²) in [5.74, 6) is 0. The van der Waals surface area contributed by atoms with Crippen LogP contribution in [0.3, 0.4) is 0 Å². The van der Waals surface area contributed by atoms with Crippen molar-refractivity contribution in [1.29, 1.82) is 0 Å². The summed E-state index contributed by atoms with van der Waals surface area (Å²) in [6.45, 7) is 6.41. The van der Waals surface area contributed by atoms with Gasteiger partial charge >= 0.3 is 0 Å². The molecule has 0 saturated heterocycles. The molecule has 0 radical (unpaired) electrons. The number of unbranched alkanes of at least 4 members (excludes halogenated alkanes) is 1. The van der Waals surface area contributed by atoms with Crippen LogP contribution in [0.25, 0.3) is 0 Å². The minimum absolute atomic E-state index is 0.927. The molecule has 0 aromatic carbocycles. The van der Waals surface area contributed by atoms with Crippen molar-refractivity contribution in [1.82, 2.24) is 15.2 Å². The van der Waals surface area contributed by atoms with Gasteiger partial charge in [-0.1, -0.05) is 19.4 Å². The number of nitrogens with one attached hydrogen (secondary N) is 1. The molecule has 1 rings (SSSR count). The molecule has 0 amide bonds. The molecule has 90 valence electrons. The van der Waals surface area contributed by atoms with Gasteiger partial charge in [-0.3, -0.25) is 9.88 Å². The summed E-state index contributed by atoms with van der Waals surface area (Å²) in [6, 6.07) is 6.06. The summed E-state index contributed by atoms with van der Waals surface area (Å²) in [5.41, 5.74) is 1.14. The molecule has 3 nitrogen and oxygen atoms in total. The first-order valence-corrected chi connectivity index (χ1v) is 6.12. The maximum atomic E-state index is 4.31. The molecule has 1 N–H and O–H groups in total. The zero-order chi connectivity index (χ0) is 11.6. The second-order valence-corrected chi connectivity index (χ2v) is 4.16. The molecule has 1 heterocycles. The fourth-order valence-corrected chi connectivity index (χ4v) is 1.54. The van der Waals surface area contributed by atoms with Crippen LogP contribution < -0.4 is 5.32 Å². The predicted octanol–water partition coefficient (Wildman–Crippen LogP) is 1.90. The van der Waals surface area contributed by atoms with Crippen LogP contribution in [0.1, 0.15) is 25.5 Å². The fraction of sp³-hybridized carbons (Fsp3) is 0.615. The molecule has 3 heteroatoms. The lowest BCUT2D eigenvalue weighted by Crippen LogP contribution is -2.29. The molecule has 0 aliphatic carbocycles. The highest BCUT2D eigenvalue weighted by Crippen LogP contribution is 1.97. The van der Waals surface area contributed by atoms with E-state index in [9.17, 15) is 0 Å². The molecule has 0 spiro atoms. The van der Waals surface area contributed by atoms with Gasteiger partial charge in [0.1, 0.15) is 0 Å². The van der Waals surface area contributed by atoms with Gasteiger partial charge in [-0.05, 0) is 32.1 Å². The van der Waals surface area contributed by atoms with Crippen molar-refractivity contribution >= 4 is 0 Å². The quantitative estimate of drug-likeness (QED) is 0.680. The molecule has 1 aromatic heterocycles. The first-order chi connectivity index (χ1) is 7.83. The van der Waals surface area contributed by atoms with Crippen LogP contribution in [0.5, 0.6) is 0 Å². The fourth-order valence-electron chi connectivity index (χ4n) is 1.54. The summed E-state index contributed by atoms with van der Waals surface area (Å²) in [4.78, 5) is 6.61. The zero-order valence-corrected chi connectivity index (χ0v) is 10.4. The van der Waals surface area contributed by atoms with E-state index < -0.39 is 0 Å². The number of aromatic nitrogens is 1. The number of rotatable bonds is 8. The molecular weight excluding hydrogens is 198 g/mol. The molecule has 0 atom stereocenters. The van der Waals surface area contributed by atoms with Crippen LogP contribution in [0.15, 0.2) is 24.4 Å². The van der Waals surface area contributed by atoms with E-state index in [1.54, 1.807) is 0 Å². The van der Waals surface area contributed by atoms with Crippen LogP contribution in [-0.2, 0) is 6.54 Å². The average Bonchev–Trinajstić information content (AvgIpc) is 2.30. The first kappa shape index (κ1) is 13.1. The molecular formula is C13H23N3. The third-order valence-electron chi connectivity index (χ3n) is 2.54. The van der Waals surface area contributed by atoms with Gasteiger partial charge in [-0.2, -0.15) is 0 Å². The van der Waals surface area contributed by atoms with E-state index in [1.807, 2.05) is 18.3 Å². The Balaban J connectivity index is 2.09. The largest absolute Gasteiger partial charge is 0.315 e. The Morgan fingerprint density at radius 2 is 2.19 bits per heavy atom. The summed E-state index contributed by atoms with van der Waals surface area (Å²) >= 11 is 0. The molecule has 0 fully saturated rings. The smallest absolute Gasteiger partial charge is 0.0543 e. The first-order valence-electron chi connectivity index (χ1n) is 6.12. The highest BCUT2D eigenvalue weighted by molar-refractivity contribution is 5.02. The maximum Gasteiger partial charge on any atom is 0.0543 e. The standard InChI is InChI=1S/C13H23N3/c1-3-4-8-14-10-11-16(2)12-13-7-5-6-9-15-13/h5-7,9,14H,3-4,8,10-12H2,1-2H3. The van der Waals surface area contributed by atoms with E-state index in [-0.39, 0.29) is 0 Å². The second-order valence-electron chi connectivity index (χ2n) is 4.16. The van der Waals surface area contributed by atoms with E-state index >= 15 is 0 Å². The van der Waals surface area contributed by atoms with Crippen LogP contribution in [0.4, 0.5) is 0 Å². The minimum atomic E-state index is 0.927. The molecule has 0 aliphatic rings. The van der Waals surface area contributed by atoms with E-state index in [2.05, 4.69) is 35.2 Å². The summed E-state index contributed by atoms with van der Waals surface area (Å²) < 4.78 is 0. The topological polar surface area (TPSA) is 28.2 Å². The minimum Gasteiger partial charge on any atom is -0.315 e. The van der Waals surface area contributed by atoms with Crippen molar-refractivity contribution in [3.63, 3.8) is 0 Å².